The van der Waals surface area contributed by atoms with Gasteiger partial charge in [0, 0.05) is 0 Å². The first kappa shape index (κ1) is 19.4. The summed E-state index contributed by atoms with van der Waals surface area (Å²) in [7, 11) is -0.894. The molecule has 1 aromatic rings. The molecule has 0 spiro atoms. The van der Waals surface area contributed by atoms with Crippen molar-refractivity contribution in [2.24, 2.45) is 0 Å². The first-order chi connectivity index (χ1) is 10.9. The summed E-state index contributed by atoms with van der Waals surface area (Å²) in [5.74, 6) is -1.22. The van der Waals surface area contributed by atoms with Gasteiger partial charge in [-0.25, -0.2) is 9.59 Å². The topological polar surface area (TPSA) is 88.1 Å². The van der Waals surface area contributed by atoms with Crippen molar-refractivity contribution in [2.45, 2.75) is 20.0 Å². The van der Waals surface area contributed by atoms with Crippen molar-refractivity contribution >= 4 is 19.5 Å². The second-order valence-electron chi connectivity index (χ2n) is 4.51. The fraction of sp³-hybridized carbons (Fsp3) is 0.467. The third kappa shape index (κ3) is 5.46. The Kier molecular flexibility index (Phi) is 7.42. The molecular formula is C15H21O7P. The van der Waals surface area contributed by atoms with Crippen LogP contribution in [0.2, 0.25) is 0 Å². The highest BCUT2D eigenvalue weighted by Gasteiger charge is 2.25. The van der Waals surface area contributed by atoms with Gasteiger partial charge in [-0.3, -0.25) is 4.57 Å². The Morgan fingerprint density at radius 1 is 0.913 bits per heavy atom. The average Bonchev–Trinajstić information content (AvgIpc) is 2.53. The van der Waals surface area contributed by atoms with Gasteiger partial charge in [0.15, 0.2) is 0 Å². The second-order valence-corrected chi connectivity index (χ2v) is 6.56. The van der Waals surface area contributed by atoms with Gasteiger partial charge in [-0.15, -0.1) is 0 Å². The Balaban J connectivity index is 3.25. The lowest BCUT2D eigenvalue weighted by Crippen LogP contribution is -2.08. The van der Waals surface area contributed by atoms with Gasteiger partial charge < -0.3 is 18.5 Å². The van der Waals surface area contributed by atoms with Crippen LogP contribution in [0.3, 0.4) is 0 Å². The fourth-order valence-corrected chi connectivity index (χ4v) is 3.67. The molecule has 0 aliphatic heterocycles. The zero-order valence-electron chi connectivity index (χ0n) is 13.7. The van der Waals surface area contributed by atoms with Crippen molar-refractivity contribution in [3.05, 3.63) is 34.9 Å². The third-order valence-electron chi connectivity index (χ3n) is 2.86. The predicted molar refractivity (Wildman–Crippen MR) is 83.7 cm³/mol. The molecule has 0 heterocycles. The van der Waals surface area contributed by atoms with Crippen LogP contribution >= 0.6 is 7.60 Å². The Bertz CT molecular complexity index is 568. The molecule has 128 valence electrons. The molecule has 0 unspecified atom stereocenters. The van der Waals surface area contributed by atoms with Crippen molar-refractivity contribution in [2.75, 3.05) is 27.4 Å². The second kappa shape index (κ2) is 8.82. The normalized spacial score (nSPS) is 11.1. The lowest BCUT2D eigenvalue weighted by molar-refractivity contribution is 0.0599. The number of methoxy groups -OCH3 is 2. The van der Waals surface area contributed by atoms with Gasteiger partial charge in [0.2, 0.25) is 0 Å². The Morgan fingerprint density at radius 2 is 1.35 bits per heavy atom. The van der Waals surface area contributed by atoms with E-state index in [4.69, 9.17) is 9.05 Å². The maximum absolute atomic E-state index is 12.6. The Morgan fingerprint density at radius 3 is 1.70 bits per heavy atom. The summed E-state index contributed by atoms with van der Waals surface area (Å²) >= 11 is 0. The maximum Gasteiger partial charge on any atom is 0.337 e. The van der Waals surface area contributed by atoms with E-state index in [9.17, 15) is 14.2 Å². The van der Waals surface area contributed by atoms with Gasteiger partial charge in [-0.05, 0) is 37.6 Å². The summed E-state index contributed by atoms with van der Waals surface area (Å²) in [6.07, 6.45) is -0.0660. The molecule has 0 saturated carbocycles. The van der Waals surface area contributed by atoms with Crippen LogP contribution in [0.5, 0.6) is 0 Å². The molecular weight excluding hydrogens is 323 g/mol. The summed E-state index contributed by atoms with van der Waals surface area (Å²) in [6, 6.07) is 4.33. The molecule has 0 fully saturated rings. The van der Waals surface area contributed by atoms with E-state index in [2.05, 4.69) is 9.47 Å². The summed E-state index contributed by atoms with van der Waals surface area (Å²) in [5, 5.41) is 0. The SMILES string of the molecule is CCOP(=O)(Cc1cc(C(=O)OC)cc(C(=O)OC)c1)OCC. The van der Waals surface area contributed by atoms with Gasteiger partial charge in [0.1, 0.15) is 0 Å². The summed E-state index contributed by atoms with van der Waals surface area (Å²) in [5.41, 5.74) is 0.772. The molecule has 7 nitrogen and oxygen atoms in total. The van der Waals surface area contributed by atoms with Gasteiger partial charge >= 0.3 is 19.5 Å². The molecule has 1 rings (SSSR count). The standard InChI is InChI=1S/C15H21O7P/c1-5-21-23(18,22-6-2)10-11-7-12(14(16)19-3)9-13(8-11)15(17)20-4/h7-9H,5-6,10H2,1-4H3. The largest absolute Gasteiger partial charge is 0.465 e. The zero-order chi connectivity index (χ0) is 17.5. The molecule has 0 saturated heterocycles. The van der Waals surface area contributed by atoms with Gasteiger partial charge in [0.25, 0.3) is 0 Å². The van der Waals surface area contributed by atoms with Crippen LogP contribution in [0.4, 0.5) is 0 Å². The van der Waals surface area contributed by atoms with Crippen LogP contribution in [0.1, 0.15) is 40.1 Å². The summed E-state index contributed by atoms with van der Waals surface area (Å²) in [6.45, 7) is 3.85. The minimum absolute atomic E-state index is 0.0660. The molecule has 1 aromatic carbocycles. The molecule has 0 amide bonds. The lowest BCUT2D eigenvalue weighted by Gasteiger charge is -2.17. The zero-order valence-corrected chi connectivity index (χ0v) is 14.6. The molecule has 0 bridgehead atoms. The van der Waals surface area contributed by atoms with E-state index in [1.165, 1.54) is 32.4 Å². The number of benzene rings is 1. The molecule has 0 radical (unpaired) electrons. The van der Waals surface area contributed by atoms with E-state index in [1.54, 1.807) is 13.8 Å². The van der Waals surface area contributed by atoms with Crippen LogP contribution in [0.15, 0.2) is 18.2 Å². The quantitative estimate of drug-likeness (QED) is 0.529. The number of esters is 2. The summed E-state index contributed by atoms with van der Waals surface area (Å²) in [4.78, 5) is 23.5. The average molecular weight is 344 g/mol. The minimum atomic E-state index is -3.36. The van der Waals surface area contributed by atoms with Crippen molar-refractivity contribution in [1.29, 1.82) is 0 Å². The fourth-order valence-electron chi connectivity index (χ4n) is 2.00. The monoisotopic (exact) mass is 344 g/mol. The Labute approximate surface area is 135 Å². The lowest BCUT2D eigenvalue weighted by atomic mass is 10.1. The predicted octanol–water partition coefficient (Wildman–Crippen LogP) is 3.03. The number of carbonyl (C=O) groups is 2. The van der Waals surface area contributed by atoms with Crippen molar-refractivity contribution in [3.63, 3.8) is 0 Å². The molecule has 0 aliphatic rings. The number of carbonyl (C=O) groups excluding carboxylic acids is 2. The van der Waals surface area contributed by atoms with Crippen LogP contribution in [-0.2, 0) is 29.2 Å². The number of hydrogen-bond donors (Lipinski definition) is 0. The van der Waals surface area contributed by atoms with Crippen LogP contribution in [0, 0.1) is 0 Å². The van der Waals surface area contributed by atoms with Gasteiger partial charge in [-0.1, -0.05) is 0 Å². The highest BCUT2D eigenvalue weighted by atomic mass is 31.2. The van der Waals surface area contributed by atoms with Crippen molar-refractivity contribution in [3.8, 4) is 0 Å². The van der Waals surface area contributed by atoms with E-state index >= 15 is 0 Å². The first-order valence-electron chi connectivity index (χ1n) is 7.07. The van der Waals surface area contributed by atoms with Crippen LogP contribution < -0.4 is 0 Å². The number of rotatable bonds is 8. The molecule has 0 aromatic heterocycles. The van der Waals surface area contributed by atoms with E-state index in [0.29, 0.717) is 5.56 Å². The van der Waals surface area contributed by atoms with Crippen LogP contribution in [0.25, 0.3) is 0 Å². The molecule has 8 heteroatoms. The molecule has 0 atom stereocenters. The van der Waals surface area contributed by atoms with Crippen LogP contribution in [-0.4, -0.2) is 39.4 Å². The Hall–Kier alpha value is -1.69. The smallest absolute Gasteiger partial charge is 0.337 e. The molecule has 0 N–H and O–H groups in total. The van der Waals surface area contributed by atoms with E-state index in [-0.39, 0.29) is 30.5 Å². The van der Waals surface area contributed by atoms with Gasteiger partial charge in [-0.2, -0.15) is 0 Å². The highest BCUT2D eigenvalue weighted by Crippen LogP contribution is 2.51. The van der Waals surface area contributed by atoms with E-state index in [1.807, 2.05) is 0 Å². The maximum atomic E-state index is 12.6. The van der Waals surface area contributed by atoms with Crippen molar-refractivity contribution < 1.29 is 32.7 Å². The van der Waals surface area contributed by atoms with E-state index < -0.39 is 19.5 Å². The number of ether oxygens (including phenoxy) is 2. The van der Waals surface area contributed by atoms with E-state index in [0.717, 1.165) is 0 Å². The molecule has 23 heavy (non-hydrogen) atoms. The highest BCUT2D eigenvalue weighted by molar-refractivity contribution is 7.53. The first-order valence-corrected chi connectivity index (χ1v) is 8.80. The minimum Gasteiger partial charge on any atom is -0.465 e. The van der Waals surface area contributed by atoms with Crippen molar-refractivity contribution in [1.82, 2.24) is 0 Å². The summed E-state index contributed by atoms with van der Waals surface area (Å²) < 4.78 is 32.4. The van der Waals surface area contributed by atoms with Gasteiger partial charge in [0.05, 0.1) is 44.7 Å². The third-order valence-corrected chi connectivity index (χ3v) is 4.92. The number of hydrogen-bond acceptors (Lipinski definition) is 7. The molecule has 0 aliphatic carbocycles.